The molecule has 2 aromatic carbocycles. The molecule has 4 rings (SSSR count). The number of alkyl halides is 3. The second-order valence-electron chi connectivity index (χ2n) is 9.24. The third kappa shape index (κ3) is 5.95. The molecule has 0 radical (unpaired) electrons. The Balaban J connectivity index is 1.46. The van der Waals surface area contributed by atoms with Crippen LogP contribution in [-0.4, -0.2) is 26.8 Å². The van der Waals surface area contributed by atoms with Crippen LogP contribution in [0.3, 0.4) is 0 Å². The number of aromatic nitrogens is 2. The zero-order valence-electron chi connectivity index (χ0n) is 19.9. The molecule has 1 aliphatic carbocycles. The lowest BCUT2D eigenvalue weighted by Crippen LogP contribution is -2.13. The molecule has 2 N–H and O–H groups in total. The second-order valence-corrected chi connectivity index (χ2v) is 9.24. The Morgan fingerprint density at radius 2 is 1.67 bits per heavy atom. The summed E-state index contributed by atoms with van der Waals surface area (Å²) in [7, 11) is 0. The quantitative estimate of drug-likeness (QED) is 0.406. The number of hydrogen-bond donors (Lipinski definition) is 2. The summed E-state index contributed by atoms with van der Waals surface area (Å²) in [6, 6.07) is 11.2. The van der Waals surface area contributed by atoms with Crippen LogP contribution in [0.25, 0.3) is 0 Å². The zero-order valence-corrected chi connectivity index (χ0v) is 19.9. The highest BCUT2D eigenvalue weighted by molar-refractivity contribution is 6.04. The molecule has 36 heavy (non-hydrogen) atoms. The fraction of sp³-hybridized carbons (Fsp3) is 0.370. The van der Waals surface area contributed by atoms with Gasteiger partial charge in [-0.3, -0.25) is 14.3 Å². The van der Waals surface area contributed by atoms with Crippen LogP contribution in [0, 0.1) is 6.92 Å². The summed E-state index contributed by atoms with van der Waals surface area (Å²) in [5.74, 6) is -1.09. The van der Waals surface area contributed by atoms with E-state index in [0.29, 0.717) is 12.2 Å². The summed E-state index contributed by atoms with van der Waals surface area (Å²) in [6.45, 7) is 2.36. The van der Waals surface area contributed by atoms with E-state index in [9.17, 15) is 27.9 Å². The number of rotatable bonds is 7. The number of benzene rings is 2. The highest BCUT2D eigenvalue weighted by Crippen LogP contribution is 2.35. The molecule has 0 saturated heterocycles. The average Bonchev–Trinajstić information content (AvgIpc) is 3.15. The predicted octanol–water partition coefficient (Wildman–Crippen LogP) is 6.19. The first-order chi connectivity index (χ1) is 17.1. The minimum atomic E-state index is -4.46. The number of carbonyl (C=O) groups is 2. The number of amides is 1. The number of hydrogen-bond acceptors (Lipinski definition) is 3. The van der Waals surface area contributed by atoms with Crippen molar-refractivity contribution in [1.82, 2.24) is 9.78 Å². The van der Waals surface area contributed by atoms with Gasteiger partial charge in [0.05, 0.1) is 24.2 Å². The number of aliphatic carboxylic acids is 1. The minimum absolute atomic E-state index is 0.0490. The fourth-order valence-corrected chi connectivity index (χ4v) is 4.71. The third-order valence-electron chi connectivity index (χ3n) is 6.70. The molecule has 1 heterocycles. The lowest BCUT2D eigenvalue weighted by atomic mass is 9.85. The Morgan fingerprint density at radius 1 is 1.03 bits per heavy atom. The van der Waals surface area contributed by atoms with Crippen molar-refractivity contribution >= 4 is 17.6 Å². The van der Waals surface area contributed by atoms with E-state index in [1.165, 1.54) is 6.42 Å². The maximum atomic E-state index is 12.7. The monoisotopic (exact) mass is 499 g/mol. The Labute approximate surface area is 207 Å². The first-order valence-electron chi connectivity index (χ1n) is 12.0. The average molecular weight is 500 g/mol. The molecular formula is C27H28F3N3O3. The van der Waals surface area contributed by atoms with Crippen molar-refractivity contribution in [3.63, 3.8) is 0 Å². The van der Waals surface area contributed by atoms with Crippen LogP contribution >= 0.6 is 0 Å². The van der Waals surface area contributed by atoms with E-state index in [0.717, 1.165) is 72.5 Å². The van der Waals surface area contributed by atoms with E-state index in [2.05, 4.69) is 5.32 Å². The van der Waals surface area contributed by atoms with Gasteiger partial charge in [-0.2, -0.15) is 18.3 Å². The predicted molar refractivity (Wildman–Crippen MR) is 129 cm³/mol. The summed E-state index contributed by atoms with van der Waals surface area (Å²) in [6.07, 6.45) is 1.00. The van der Waals surface area contributed by atoms with Gasteiger partial charge in [-0.25, -0.2) is 0 Å². The molecular weight excluding hydrogens is 471 g/mol. The highest BCUT2D eigenvalue weighted by atomic mass is 19.4. The fourth-order valence-electron chi connectivity index (χ4n) is 4.71. The third-order valence-corrected chi connectivity index (χ3v) is 6.70. The van der Waals surface area contributed by atoms with Crippen LogP contribution in [0.2, 0.25) is 0 Å². The van der Waals surface area contributed by atoms with Gasteiger partial charge in [-0.15, -0.1) is 0 Å². The standard InChI is InChI=1S/C27H28F3N3O3/c1-17-23(15-24(34)35)25(19-5-3-2-4-6-19)32-33(17)16-18-7-13-22(14-8-18)31-26(36)20-9-11-21(12-10-20)27(28,29)30/h7-14,19H,2-6,15-16H2,1H3,(H,31,36)(H,34,35). The SMILES string of the molecule is Cc1c(CC(=O)O)c(C2CCCCC2)nn1Cc1ccc(NC(=O)c2ccc(C(F)(F)F)cc2)cc1. The first kappa shape index (κ1) is 25.5. The molecule has 1 saturated carbocycles. The topological polar surface area (TPSA) is 84.2 Å². The molecule has 0 atom stereocenters. The second kappa shape index (κ2) is 10.6. The lowest BCUT2D eigenvalue weighted by molar-refractivity contribution is -0.138. The largest absolute Gasteiger partial charge is 0.481 e. The molecule has 1 aromatic heterocycles. The van der Waals surface area contributed by atoms with Gasteiger partial charge in [-0.1, -0.05) is 31.4 Å². The molecule has 1 amide bonds. The zero-order chi connectivity index (χ0) is 25.9. The van der Waals surface area contributed by atoms with Crippen LogP contribution in [0.1, 0.15) is 76.5 Å². The van der Waals surface area contributed by atoms with Crippen molar-refractivity contribution in [2.45, 2.75) is 64.1 Å². The number of nitrogens with zero attached hydrogens (tertiary/aromatic N) is 2. The van der Waals surface area contributed by atoms with Gasteiger partial charge in [0.1, 0.15) is 0 Å². The molecule has 6 nitrogen and oxygen atoms in total. The van der Waals surface area contributed by atoms with Crippen molar-refractivity contribution in [3.05, 3.63) is 82.2 Å². The van der Waals surface area contributed by atoms with E-state index >= 15 is 0 Å². The normalized spacial score (nSPS) is 14.6. The number of carboxylic acids is 1. The highest BCUT2D eigenvalue weighted by Gasteiger charge is 2.30. The van der Waals surface area contributed by atoms with E-state index < -0.39 is 23.6 Å². The number of anilines is 1. The number of halogens is 3. The molecule has 190 valence electrons. The molecule has 0 bridgehead atoms. The molecule has 1 aliphatic rings. The summed E-state index contributed by atoms with van der Waals surface area (Å²) in [4.78, 5) is 23.9. The van der Waals surface area contributed by atoms with Crippen LogP contribution < -0.4 is 5.32 Å². The van der Waals surface area contributed by atoms with Crippen molar-refractivity contribution in [2.24, 2.45) is 0 Å². The maximum Gasteiger partial charge on any atom is 0.416 e. The number of carbonyl (C=O) groups excluding carboxylic acids is 1. The summed E-state index contributed by atoms with van der Waals surface area (Å²) in [5, 5.41) is 16.9. The molecule has 9 heteroatoms. The molecule has 1 fully saturated rings. The minimum Gasteiger partial charge on any atom is -0.481 e. The Hall–Kier alpha value is -3.62. The first-order valence-corrected chi connectivity index (χ1v) is 12.0. The van der Waals surface area contributed by atoms with Crippen molar-refractivity contribution in [1.29, 1.82) is 0 Å². The maximum absolute atomic E-state index is 12.7. The van der Waals surface area contributed by atoms with Crippen molar-refractivity contribution < 1.29 is 27.9 Å². The Bertz CT molecular complexity index is 1230. The van der Waals surface area contributed by atoms with Gasteiger partial charge >= 0.3 is 12.1 Å². The summed E-state index contributed by atoms with van der Waals surface area (Å²) < 4.78 is 40.0. The lowest BCUT2D eigenvalue weighted by Gasteiger charge is -2.20. The number of nitrogens with one attached hydrogen (secondary N) is 1. The Morgan fingerprint density at radius 3 is 2.25 bits per heavy atom. The summed E-state index contributed by atoms with van der Waals surface area (Å²) in [5.41, 5.74) is 3.29. The van der Waals surface area contributed by atoms with Crippen molar-refractivity contribution in [2.75, 3.05) is 5.32 Å². The van der Waals surface area contributed by atoms with Gasteiger partial charge in [0.15, 0.2) is 0 Å². The van der Waals surface area contributed by atoms with Gasteiger partial charge in [0.25, 0.3) is 5.91 Å². The van der Waals surface area contributed by atoms with Gasteiger partial charge < -0.3 is 10.4 Å². The van der Waals surface area contributed by atoms with Crippen LogP contribution in [-0.2, 0) is 23.9 Å². The van der Waals surface area contributed by atoms with Crippen LogP contribution in [0.15, 0.2) is 48.5 Å². The Kier molecular flexibility index (Phi) is 7.47. The van der Waals surface area contributed by atoms with E-state index in [1.807, 2.05) is 23.7 Å². The van der Waals surface area contributed by atoms with Gasteiger partial charge in [-0.05, 0) is 61.7 Å². The smallest absolute Gasteiger partial charge is 0.416 e. The van der Waals surface area contributed by atoms with Crippen LogP contribution in [0.5, 0.6) is 0 Å². The van der Waals surface area contributed by atoms with E-state index in [4.69, 9.17) is 5.10 Å². The molecule has 0 unspecified atom stereocenters. The molecule has 0 aliphatic heterocycles. The molecule has 3 aromatic rings. The van der Waals surface area contributed by atoms with E-state index in [-0.39, 0.29) is 17.9 Å². The molecule has 0 spiro atoms. The van der Waals surface area contributed by atoms with Crippen molar-refractivity contribution in [3.8, 4) is 0 Å². The van der Waals surface area contributed by atoms with Gasteiger partial charge in [0, 0.05) is 28.4 Å². The van der Waals surface area contributed by atoms with E-state index in [1.54, 1.807) is 12.1 Å². The van der Waals surface area contributed by atoms with Crippen LogP contribution in [0.4, 0.5) is 18.9 Å². The summed E-state index contributed by atoms with van der Waals surface area (Å²) >= 11 is 0. The number of carboxylic acid groups (broad SMARTS) is 1. The van der Waals surface area contributed by atoms with Gasteiger partial charge in [0.2, 0.25) is 0 Å².